The van der Waals surface area contributed by atoms with Crippen molar-refractivity contribution in [2.45, 2.75) is 26.7 Å². The van der Waals surface area contributed by atoms with Gasteiger partial charge in [0.2, 0.25) is 0 Å². The summed E-state index contributed by atoms with van der Waals surface area (Å²) in [4.78, 5) is 0. The fraction of sp³-hybridized carbons (Fsp3) is 0.600. The van der Waals surface area contributed by atoms with E-state index in [1.165, 1.54) is 0 Å². The van der Waals surface area contributed by atoms with Gasteiger partial charge in [0, 0.05) is 26.3 Å². The van der Waals surface area contributed by atoms with Crippen molar-refractivity contribution in [2.24, 2.45) is 0 Å². The molecule has 0 amide bonds. The zero-order chi connectivity index (χ0) is 14.8. The summed E-state index contributed by atoms with van der Waals surface area (Å²) < 4.78 is 21.4. The Morgan fingerprint density at radius 2 is 1.65 bits per heavy atom. The molecule has 114 valence electrons. The Hall–Kier alpha value is -1.30. The lowest BCUT2D eigenvalue weighted by atomic mass is 10.2. The molecule has 0 aliphatic carbocycles. The van der Waals surface area contributed by atoms with Crippen molar-refractivity contribution < 1.29 is 18.9 Å². The summed E-state index contributed by atoms with van der Waals surface area (Å²) in [5, 5.41) is 3.31. The van der Waals surface area contributed by atoms with Gasteiger partial charge in [-0.05, 0) is 31.5 Å². The first-order valence-electron chi connectivity index (χ1n) is 6.89. The maximum Gasteiger partial charge on any atom is 0.169 e. The van der Waals surface area contributed by atoms with Crippen molar-refractivity contribution in [3.8, 4) is 11.5 Å². The van der Waals surface area contributed by atoms with E-state index in [2.05, 4.69) is 5.32 Å². The summed E-state index contributed by atoms with van der Waals surface area (Å²) in [7, 11) is 3.26. The highest BCUT2D eigenvalue weighted by molar-refractivity contribution is 5.42. The van der Waals surface area contributed by atoms with Crippen LogP contribution < -0.4 is 14.8 Å². The SMILES string of the molecule is CCOC(CNCc1ccc(OC)c(OC)c1)OCC. The molecule has 1 rings (SSSR count). The fourth-order valence-electron chi connectivity index (χ4n) is 1.86. The van der Waals surface area contributed by atoms with Gasteiger partial charge in [0.05, 0.1) is 14.2 Å². The largest absolute Gasteiger partial charge is 0.493 e. The molecule has 0 heterocycles. The summed E-state index contributed by atoms with van der Waals surface area (Å²) >= 11 is 0. The van der Waals surface area contributed by atoms with Crippen LogP contribution in [0.4, 0.5) is 0 Å². The van der Waals surface area contributed by atoms with Crippen LogP contribution in [0.15, 0.2) is 18.2 Å². The van der Waals surface area contributed by atoms with Crippen LogP contribution >= 0.6 is 0 Å². The van der Waals surface area contributed by atoms with Crippen LogP contribution in [0.3, 0.4) is 0 Å². The van der Waals surface area contributed by atoms with Crippen LogP contribution in [-0.2, 0) is 16.0 Å². The van der Waals surface area contributed by atoms with Gasteiger partial charge in [-0.3, -0.25) is 0 Å². The zero-order valence-electron chi connectivity index (χ0n) is 12.8. The van der Waals surface area contributed by atoms with Gasteiger partial charge in [-0.2, -0.15) is 0 Å². The van der Waals surface area contributed by atoms with Crippen molar-refractivity contribution in [1.29, 1.82) is 0 Å². The minimum absolute atomic E-state index is 0.204. The monoisotopic (exact) mass is 283 g/mol. The number of hydrogen-bond donors (Lipinski definition) is 1. The normalized spacial score (nSPS) is 10.8. The molecule has 5 nitrogen and oxygen atoms in total. The molecule has 20 heavy (non-hydrogen) atoms. The number of hydrogen-bond acceptors (Lipinski definition) is 5. The van der Waals surface area contributed by atoms with Gasteiger partial charge in [0.1, 0.15) is 0 Å². The van der Waals surface area contributed by atoms with Gasteiger partial charge in [0.25, 0.3) is 0 Å². The molecule has 0 radical (unpaired) electrons. The average molecular weight is 283 g/mol. The van der Waals surface area contributed by atoms with Gasteiger partial charge < -0.3 is 24.3 Å². The van der Waals surface area contributed by atoms with Crippen LogP contribution in [0, 0.1) is 0 Å². The molecule has 0 saturated heterocycles. The first-order valence-corrected chi connectivity index (χ1v) is 6.89. The highest BCUT2D eigenvalue weighted by Gasteiger charge is 2.08. The molecule has 0 spiro atoms. The maximum atomic E-state index is 5.47. The zero-order valence-corrected chi connectivity index (χ0v) is 12.8. The molecule has 0 aromatic heterocycles. The van der Waals surface area contributed by atoms with E-state index < -0.39 is 0 Å². The molecule has 5 heteroatoms. The van der Waals surface area contributed by atoms with Crippen molar-refractivity contribution >= 4 is 0 Å². The molecule has 0 aliphatic heterocycles. The molecular weight excluding hydrogens is 258 g/mol. The van der Waals surface area contributed by atoms with E-state index in [-0.39, 0.29) is 6.29 Å². The number of rotatable bonds is 10. The average Bonchev–Trinajstić information content (AvgIpc) is 2.47. The minimum atomic E-state index is -0.204. The molecule has 0 aliphatic rings. The van der Waals surface area contributed by atoms with Gasteiger partial charge in [0.15, 0.2) is 17.8 Å². The Morgan fingerprint density at radius 1 is 1.00 bits per heavy atom. The third-order valence-corrected chi connectivity index (χ3v) is 2.79. The third-order valence-electron chi connectivity index (χ3n) is 2.79. The van der Waals surface area contributed by atoms with Crippen molar-refractivity contribution in [3.05, 3.63) is 23.8 Å². The van der Waals surface area contributed by atoms with Crippen molar-refractivity contribution in [3.63, 3.8) is 0 Å². The van der Waals surface area contributed by atoms with Gasteiger partial charge in [-0.1, -0.05) is 6.07 Å². The molecule has 1 aromatic rings. The second-order valence-corrected chi connectivity index (χ2v) is 4.16. The Labute approximate surface area is 121 Å². The fourth-order valence-corrected chi connectivity index (χ4v) is 1.86. The standard InChI is InChI=1S/C15H25NO4/c1-5-19-15(20-6-2)11-16-10-12-7-8-13(17-3)14(9-12)18-4/h7-9,15-16H,5-6,10-11H2,1-4H3. The van der Waals surface area contributed by atoms with E-state index in [1.54, 1.807) is 14.2 Å². The summed E-state index contributed by atoms with van der Waals surface area (Å²) in [6.45, 7) is 6.57. The smallest absolute Gasteiger partial charge is 0.169 e. The lowest BCUT2D eigenvalue weighted by molar-refractivity contribution is -0.133. The van der Waals surface area contributed by atoms with Crippen LogP contribution in [0.5, 0.6) is 11.5 Å². The van der Waals surface area contributed by atoms with E-state index in [0.717, 1.165) is 23.6 Å². The number of benzene rings is 1. The summed E-state index contributed by atoms with van der Waals surface area (Å²) in [6.07, 6.45) is -0.204. The van der Waals surface area contributed by atoms with Crippen molar-refractivity contribution in [1.82, 2.24) is 5.32 Å². The van der Waals surface area contributed by atoms with Crippen LogP contribution in [-0.4, -0.2) is 40.3 Å². The summed E-state index contributed by atoms with van der Waals surface area (Å²) in [5.74, 6) is 1.47. The van der Waals surface area contributed by atoms with Crippen LogP contribution in [0.25, 0.3) is 0 Å². The molecule has 0 unspecified atom stereocenters. The van der Waals surface area contributed by atoms with Gasteiger partial charge in [-0.15, -0.1) is 0 Å². The Kier molecular flexibility index (Phi) is 8.02. The van der Waals surface area contributed by atoms with E-state index in [1.807, 2.05) is 32.0 Å². The molecule has 0 saturated carbocycles. The Morgan fingerprint density at radius 3 is 2.20 bits per heavy atom. The van der Waals surface area contributed by atoms with E-state index in [9.17, 15) is 0 Å². The van der Waals surface area contributed by atoms with Crippen LogP contribution in [0.1, 0.15) is 19.4 Å². The number of ether oxygens (including phenoxy) is 4. The molecular formula is C15H25NO4. The Balaban J connectivity index is 2.48. The molecule has 0 fully saturated rings. The highest BCUT2D eigenvalue weighted by atomic mass is 16.7. The first kappa shape index (κ1) is 16.8. The predicted octanol–water partition coefficient (Wildman–Crippen LogP) is 2.19. The molecule has 0 bridgehead atoms. The quantitative estimate of drug-likeness (QED) is 0.667. The lowest BCUT2D eigenvalue weighted by Gasteiger charge is -2.17. The van der Waals surface area contributed by atoms with Crippen LogP contribution in [0.2, 0.25) is 0 Å². The second-order valence-electron chi connectivity index (χ2n) is 4.16. The number of methoxy groups -OCH3 is 2. The van der Waals surface area contributed by atoms with Crippen molar-refractivity contribution in [2.75, 3.05) is 34.0 Å². The van der Waals surface area contributed by atoms with E-state index in [0.29, 0.717) is 19.8 Å². The lowest BCUT2D eigenvalue weighted by Crippen LogP contribution is -2.31. The van der Waals surface area contributed by atoms with E-state index >= 15 is 0 Å². The second kappa shape index (κ2) is 9.58. The third kappa shape index (κ3) is 5.36. The maximum absolute atomic E-state index is 5.47. The van der Waals surface area contributed by atoms with Gasteiger partial charge in [-0.25, -0.2) is 0 Å². The molecule has 1 N–H and O–H groups in total. The summed E-state index contributed by atoms with van der Waals surface area (Å²) in [5.41, 5.74) is 1.12. The summed E-state index contributed by atoms with van der Waals surface area (Å²) in [6, 6.07) is 5.87. The van der Waals surface area contributed by atoms with E-state index in [4.69, 9.17) is 18.9 Å². The minimum Gasteiger partial charge on any atom is -0.493 e. The Bertz CT molecular complexity index is 378. The highest BCUT2D eigenvalue weighted by Crippen LogP contribution is 2.27. The topological polar surface area (TPSA) is 49.0 Å². The number of nitrogens with one attached hydrogen (secondary N) is 1. The predicted molar refractivity (Wildman–Crippen MR) is 78.3 cm³/mol. The molecule has 1 aromatic carbocycles. The molecule has 0 atom stereocenters. The first-order chi connectivity index (χ1) is 9.74. The van der Waals surface area contributed by atoms with Gasteiger partial charge >= 0.3 is 0 Å².